The van der Waals surface area contributed by atoms with Gasteiger partial charge in [-0.3, -0.25) is 20.2 Å². The summed E-state index contributed by atoms with van der Waals surface area (Å²) in [4.78, 5) is 35.0. The highest BCUT2D eigenvalue weighted by atomic mass is 16.5. The normalized spacial score (nSPS) is 20.3. The van der Waals surface area contributed by atoms with Crippen molar-refractivity contribution in [1.82, 2.24) is 10.6 Å². The lowest BCUT2D eigenvalue weighted by Gasteiger charge is -2.37. The number of ether oxygens (including phenoxy) is 1. The average Bonchev–Trinajstić information content (AvgIpc) is 2.29. The maximum absolute atomic E-state index is 12.0. The van der Waals surface area contributed by atoms with Crippen LogP contribution in [0.2, 0.25) is 0 Å². The Bertz CT molecular complexity index is 334. The van der Waals surface area contributed by atoms with E-state index in [-0.39, 0.29) is 6.42 Å². The summed E-state index contributed by atoms with van der Waals surface area (Å²) in [7, 11) is 0. The molecule has 1 fully saturated rings. The molecule has 6 nitrogen and oxygen atoms in total. The van der Waals surface area contributed by atoms with Crippen molar-refractivity contribution in [3.63, 3.8) is 0 Å². The number of imide groups is 2. The molecule has 0 saturated carbocycles. The summed E-state index contributed by atoms with van der Waals surface area (Å²) >= 11 is 0. The molecule has 0 bridgehead atoms. The number of barbiturate groups is 1. The van der Waals surface area contributed by atoms with Gasteiger partial charge >= 0.3 is 6.03 Å². The Morgan fingerprint density at radius 1 is 1.17 bits per heavy atom. The number of carbonyl (C=O) groups excluding carboxylic acids is 3. The van der Waals surface area contributed by atoms with Gasteiger partial charge in [-0.05, 0) is 19.8 Å². The lowest BCUT2D eigenvalue weighted by molar-refractivity contribution is -0.155. The topological polar surface area (TPSA) is 84.5 Å². The van der Waals surface area contributed by atoms with Gasteiger partial charge in [0.15, 0.2) is 5.41 Å². The first-order chi connectivity index (χ1) is 8.48. The summed E-state index contributed by atoms with van der Waals surface area (Å²) in [5.41, 5.74) is -1.32. The number of nitrogens with one attached hydrogen (secondary N) is 2. The van der Waals surface area contributed by atoms with Crippen LogP contribution in [0.15, 0.2) is 0 Å². The second-order valence-electron chi connectivity index (χ2n) is 4.43. The Morgan fingerprint density at radius 3 is 2.17 bits per heavy atom. The van der Waals surface area contributed by atoms with Crippen LogP contribution in [0, 0.1) is 5.41 Å². The molecule has 1 heterocycles. The van der Waals surface area contributed by atoms with E-state index in [4.69, 9.17) is 4.74 Å². The third-order valence-electron chi connectivity index (χ3n) is 3.38. The van der Waals surface area contributed by atoms with Gasteiger partial charge in [-0.1, -0.05) is 20.3 Å². The fourth-order valence-electron chi connectivity index (χ4n) is 2.09. The molecule has 1 aliphatic heterocycles. The molecule has 1 saturated heterocycles. The fraction of sp³-hybridized carbons (Fsp3) is 0.750. The lowest BCUT2D eigenvalue weighted by atomic mass is 9.77. The van der Waals surface area contributed by atoms with Crippen molar-refractivity contribution < 1.29 is 19.1 Å². The molecule has 0 aliphatic carbocycles. The van der Waals surface area contributed by atoms with Crippen LogP contribution in [-0.2, 0) is 14.3 Å². The highest BCUT2D eigenvalue weighted by molar-refractivity contribution is 6.19. The van der Waals surface area contributed by atoms with E-state index in [1.54, 1.807) is 13.8 Å². The minimum atomic E-state index is -1.32. The van der Waals surface area contributed by atoms with Gasteiger partial charge in [0.1, 0.15) is 0 Å². The number of carbonyl (C=O) groups is 3. The zero-order chi connectivity index (χ0) is 13.8. The first-order valence-electron chi connectivity index (χ1n) is 6.27. The molecule has 0 radical (unpaired) electrons. The number of unbranched alkanes of at least 4 members (excludes halogenated alkanes) is 1. The minimum Gasteiger partial charge on any atom is -0.377 e. The third-order valence-corrected chi connectivity index (χ3v) is 3.38. The van der Waals surface area contributed by atoms with Gasteiger partial charge in [-0.15, -0.1) is 0 Å². The molecule has 0 spiro atoms. The average molecular weight is 256 g/mol. The third kappa shape index (κ3) is 2.53. The molecule has 2 N–H and O–H groups in total. The lowest BCUT2D eigenvalue weighted by Crippen LogP contribution is -2.66. The van der Waals surface area contributed by atoms with Gasteiger partial charge in [0, 0.05) is 6.61 Å². The zero-order valence-corrected chi connectivity index (χ0v) is 11.0. The van der Waals surface area contributed by atoms with E-state index in [1.165, 1.54) is 0 Å². The number of hydrogen-bond donors (Lipinski definition) is 2. The Labute approximate surface area is 106 Å². The van der Waals surface area contributed by atoms with Gasteiger partial charge < -0.3 is 4.74 Å². The van der Waals surface area contributed by atoms with Crippen molar-refractivity contribution in [2.75, 3.05) is 6.61 Å². The van der Waals surface area contributed by atoms with E-state index in [0.29, 0.717) is 6.61 Å². The van der Waals surface area contributed by atoms with Gasteiger partial charge in [-0.25, -0.2) is 4.79 Å². The molecule has 1 atom stereocenters. The zero-order valence-electron chi connectivity index (χ0n) is 11.0. The maximum Gasteiger partial charge on any atom is 0.328 e. The first-order valence-corrected chi connectivity index (χ1v) is 6.27. The molecule has 1 unspecified atom stereocenters. The van der Waals surface area contributed by atoms with Crippen LogP contribution in [0.1, 0.15) is 40.0 Å². The molecule has 1 aliphatic rings. The smallest absolute Gasteiger partial charge is 0.328 e. The largest absolute Gasteiger partial charge is 0.377 e. The molecule has 0 aromatic heterocycles. The van der Waals surface area contributed by atoms with E-state index in [0.717, 1.165) is 12.8 Å². The van der Waals surface area contributed by atoms with Gasteiger partial charge in [0.2, 0.25) is 11.8 Å². The van der Waals surface area contributed by atoms with Gasteiger partial charge in [0.05, 0.1) is 6.10 Å². The summed E-state index contributed by atoms with van der Waals surface area (Å²) in [5, 5.41) is 4.27. The van der Waals surface area contributed by atoms with Crippen molar-refractivity contribution in [3.8, 4) is 0 Å². The van der Waals surface area contributed by atoms with Crippen molar-refractivity contribution in [2.24, 2.45) is 5.41 Å². The fourth-order valence-corrected chi connectivity index (χ4v) is 2.09. The number of rotatable bonds is 6. The molecule has 0 aromatic rings. The predicted molar refractivity (Wildman–Crippen MR) is 64.7 cm³/mol. The first kappa shape index (κ1) is 14.6. The molecular formula is C12H20N2O4. The number of urea groups is 1. The molecule has 4 amide bonds. The van der Waals surface area contributed by atoms with E-state index in [2.05, 4.69) is 10.6 Å². The van der Waals surface area contributed by atoms with Crippen LogP contribution < -0.4 is 10.6 Å². The summed E-state index contributed by atoms with van der Waals surface area (Å²) in [5.74, 6) is -1.16. The quantitative estimate of drug-likeness (QED) is 0.547. The molecule has 6 heteroatoms. The molecule has 0 aromatic carbocycles. The molecular weight excluding hydrogens is 236 g/mol. The summed E-state index contributed by atoms with van der Waals surface area (Å²) < 4.78 is 5.56. The van der Waals surface area contributed by atoms with Gasteiger partial charge in [-0.2, -0.15) is 0 Å². The standard InChI is InChI=1S/C12H20N2O4/c1-4-6-7-18-8(3)12(5-2)9(15)13-11(17)14-10(12)16/h8H,4-7H2,1-3H3,(H2,13,14,15,16,17). The maximum atomic E-state index is 12.0. The van der Waals surface area contributed by atoms with Gasteiger partial charge in [0.25, 0.3) is 0 Å². The van der Waals surface area contributed by atoms with Crippen LogP contribution in [-0.4, -0.2) is 30.6 Å². The highest BCUT2D eigenvalue weighted by Crippen LogP contribution is 2.31. The SMILES string of the molecule is CCCCOC(C)C1(CC)C(=O)NC(=O)NC1=O. The Morgan fingerprint density at radius 2 is 1.72 bits per heavy atom. The molecule has 102 valence electrons. The van der Waals surface area contributed by atoms with Crippen LogP contribution >= 0.6 is 0 Å². The summed E-state index contributed by atoms with van der Waals surface area (Å²) in [6.07, 6.45) is 1.56. The van der Waals surface area contributed by atoms with Crippen molar-refractivity contribution in [1.29, 1.82) is 0 Å². The van der Waals surface area contributed by atoms with Crippen LogP contribution in [0.3, 0.4) is 0 Å². The second-order valence-corrected chi connectivity index (χ2v) is 4.43. The summed E-state index contributed by atoms with van der Waals surface area (Å²) in [6, 6.07) is -0.769. The Balaban J connectivity index is 2.85. The Hall–Kier alpha value is -1.43. The highest BCUT2D eigenvalue weighted by Gasteiger charge is 2.53. The minimum absolute atomic E-state index is 0.283. The Kier molecular flexibility index (Phi) is 4.84. The van der Waals surface area contributed by atoms with Crippen LogP contribution in [0.25, 0.3) is 0 Å². The second kappa shape index (κ2) is 5.95. The molecule has 18 heavy (non-hydrogen) atoms. The van der Waals surface area contributed by atoms with Crippen LogP contribution in [0.5, 0.6) is 0 Å². The summed E-state index contributed by atoms with van der Waals surface area (Å²) in [6.45, 7) is 5.94. The van der Waals surface area contributed by atoms with Crippen LogP contribution in [0.4, 0.5) is 4.79 Å². The van der Waals surface area contributed by atoms with Crippen molar-refractivity contribution >= 4 is 17.8 Å². The number of hydrogen-bond acceptors (Lipinski definition) is 4. The monoisotopic (exact) mass is 256 g/mol. The van der Waals surface area contributed by atoms with Crippen molar-refractivity contribution in [2.45, 2.75) is 46.1 Å². The number of amides is 4. The van der Waals surface area contributed by atoms with E-state index in [9.17, 15) is 14.4 Å². The van der Waals surface area contributed by atoms with E-state index in [1.807, 2.05) is 6.92 Å². The van der Waals surface area contributed by atoms with Crippen molar-refractivity contribution in [3.05, 3.63) is 0 Å². The molecule has 1 rings (SSSR count). The predicted octanol–water partition coefficient (Wildman–Crippen LogP) is 0.954. The van der Waals surface area contributed by atoms with E-state index >= 15 is 0 Å². The van der Waals surface area contributed by atoms with E-state index < -0.39 is 29.4 Å².